The van der Waals surface area contributed by atoms with Crippen molar-refractivity contribution in [1.82, 2.24) is 0 Å². The highest BCUT2D eigenvalue weighted by Gasteiger charge is 2.32. The van der Waals surface area contributed by atoms with Crippen molar-refractivity contribution < 1.29 is 33.8 Å². The van der Waals surface area contributed by atoms with E-state index in [1.165, 1.54) is 13.8 Å². The highest BCUT2D eigenvalue weighted by atomic mass is 16.6. The molecular weight excluding hydrogens is 370 g/mol. The topological polar surface area (TPSA) is 182 Å². The number of non-ortho nitro benzene ring substituents is 1. The Morgan fingerprint density at radius 3 is 1.59 bits per heavy atom. The molecule has 0 saturated heterocycles. The molecule has 13 nitrogen and oxygen atoms in total. The van der Waals surface area contributed by atoms with E-state index >= 15 is 0 Å². The molecule has 0 N–H and O–H groups in total. The fourth-order valence-corrected chi connectivity index (χ4v) is 1.93. The summed E-state index contributed by atoms with van der Waals surface area (Å²) >= 11 is 0. The van der Waals surface area contributed by atoms with Crippen LogP contribution in [0.5, 0.6) is 0 Å². The van der Waals surface area contributed by atoms with Crippen LogP contribution in [0.4, 0.5) is 17.1 Å². The minimum atomic E-state index is -1.22. The summed E-state index contributed by atoms with van der Waals surface area (Å²) in [4.78, 5) is 54.0. The van der Waals surface area contributed by atoms with Gasteiger partial charge in [0.15, 0.2) is 0 Å². The molecule has 1 aromatic rings. The van der Waals surface area contributed by atoms with E-state index in [2.05, 4.69) is 9.47 Å². The van der Waals surface area contributed by atoms with Gasteiger partial charge in [0.25, 0.3) is 17.1 Å². The number of carbonyl (C=O) groups is 2. The molecule has 0 aliphatic heterocycles. The van der Waals surface area contributed by atoms with Gasteiger partial charge >= 0.3 is 11.9 Å². The van der Waals surface area contributed by atoms with Crippen molar-refractivity contribution in [2.45, 2.75) is 13.8 Å². The van der Waals surface area contributed by atoms with Crippen LogP contribution in [-0.2, 0) is 19.1 Å². The predicted molar refractivity (Wildman–Crippen MR) is 87.6 cm³/mol. The molecule has 1 rings (SSSR count). The van der Waals surface area contributed by atoms with E-state index in [0.717, 1.165) is 0 Å². The first-order valence-corrected chi connectivity index (χ1v) is 7.31. The zero-order chi connectivity index (χ0) is 20.7. The standard InChI is InChI=1S/C14H13N3O10/c1-3-26-13(18)10(14(19)27-4-2)7-9-11(16(22)23)5-8(15(20)21)6-12(9)17(24)25/h5-7H,3-4H2,1-2H3. The molecule has 27 heavy (non-hydrogen) atoms. The number of nitro benzene ring substituents is 3. The van der Waals surface area contributed by atoms with Gasteiger partial charge in [0, 0.05) is 0 Å². The molecule has 0 amide bonds. The molecule has 0 aliphatic carbocycles. The molecule has 0 aromatic heterocycles. The lowest BCUT2D eigenvalue weighted by atomic mass is 10.1. The fraction of sp³-hybridized carbons (Fsp3) is 0.286. The second-order valence-corrected chi connectivity index (χ2v) is 4.67. The maximum absolute atomic E-state index is 12.0. The molecule has 0 spiro atoms. The van der Waals surface area contributed by atoms with Gasteiger partial charge in [-0.3, -0.25) is 30.3 Å². The van der Waals surface area contributed by atoms with E-state index < -0.39 is 54.9 Å². The van der Waals surface area contributed by atoms with Crippen LogP contribution < -0.4 is 0 Å². The number of nitro groups is 3. The molecule has 0 saturated carbocycles. The summed E-state index contributed by atoms with van der Waals surface area (Å²) in [6, 6.07) is 0.958. The number of rotatable bonds is 8. The molecule has 0 radical (unpaired) electrons. The number of nitrogens with zero attached hydrogens (tertiary/aromatic N) is 3. The number of esters is 2. The summed E-state index contributed by atoms with van der Waals surface area (Å²) in [5.74, 6) is -2.45. The minimum Gasteiger partial charge on any atom is -0.462 e. The maximum Gasteiger partial charge on any atom is 0.345 e. The van der Waals surface area contributed by atoms with Crippen molar-refractivity contribution in [1.29, 1.82) is 0 Å². The highest BCUT2D eigenvalue weighted by Crippen LogP contribution is 2.35. The van der Waals surface area contributed by atoms with Crippen LogP contribution in [0.2, 0.25) is 0 Å². The van der Waals surface area contributed by atoms with Gasteiger partial charge in [0.05, 0.1) is 40.1 Å². The van der Waals surface area contributed by atoms with Gasteiger partial charge in [-0.1, -0.05) is 0 Å². The van der Waals surface area contributed by atoms with Crippen molar-refractivity contribution in [2.24, 2.45) is 0 Å². The third-order valence-corrected chi connectivity index (χ3v) is 3.00. The van der Waals surface area contributed by atoms with Crippen LogP contribution in [0.15, 0.2) is 17.7 Å². The van der Waals surface area contributed by atoms with Crippen LogP contribution in [0.3, 0.4) is 0 Å². The molecule has 0 unspecified atom stereocenters. The van der Waals surface area contributed by atoms with Gasteiger partial charge in [-0.2, -0.15) is 0 Å². The lowest BCUT2D eigenvalue weighted by Crippen LogP contribution is -2.18. The van der Waals surface area contributed by atoms with E-state index in [-0.39, 0.29) is 13.2 Å². The highest BCUT2D eigenvalue weighted by molar-refractivity contribution is 6.18. The summed E-state index contributed by atoms with van der Waals surface area (Å²) in [5.41, 5.74) is -4.60. The quantitative estimate of drug-likeness (QED) is 0.160. The lowest BCUT2D eigenvalue weighted by molar-refractivity contribution is -0.403. The Morgan fingerprint density at radius 1 is 0.889 bits per heavy atom. The van der Waals surface area contributed by atoms with Gasteiger partial charge in [-0.15, -0.1) is 0 Å². The number of benzene rings is 1. The second kappa shape index (κ2) is 8.98. The predicted octanol–water partition coefficient (Wildman–Crippen LogP) is 1.92. The average molecular weight is 383 g/mol. The van der Waals surface area contributed by atoms with Crippen molar-refractivity contribution in [3.63, 3.8) is 0 Å². The molecule has 0 atom stereocenters. The Bertz CT molecular complexity index is 791. The van der Waals surface area contributed by atoms with E-state index in [1.54, 1.807) is 0 Å². The summed E-state index contributed by atoms with van der Waals surface area (Å²) in [6.45, 7) is 2.55. The fourth-order valence-electron chi connectivity index (χ4n) is 1.93. The molecule has 0 bridgehead atoms. The smallest absolute Gasteiger partial charge is 0.345 e. The van der Waals surface area contributed by atoms with Crippen LogP contribution >= 0.6 is 0 Å². The number of carbonyl (C=O) groups excluding carboxylic acids is 2. The van der Waals surface area contributed by atoms with E-state index in [0.29, 0.717) is 18.2 Å². The third kappa shape index (κ3) is 5.04. The summed E-state index contributed by atoms with van der Waals surface area (Å²) in [7, 11) is 0. The molecule has 144 valence electrons. The van der Waals surface area contributed by atoms with Gasteiger partial charge in [0.1, 0.15) is 11.1 Å². The molecule has 1 aromatic carbocycles. The van der Waals surface area contributed by atoms with Crippen LogP contribution in [0, 0.1) is 30.3 Å². The lowest BCUT2D eigenvalue weighted by Gasteiger charge is -2.07. The number of hydrogen-bond acceptors (Lipinski definition) is 10. The molecule has 0 aliphatic rings. The van der Waals surface area contributed by atoms with Crippen molar-refractivity contribution in [2.75, 3.05) is 13.2 Å². The Kier molecular flexibility index (Phi) is 7.03. The molecule has 13 heteroatoms. The first-order chi connectivity index (χ1) is 12.6. The molecule has 0 heterocycles. The van der Waals surface area contributed by atoms with Gasteiger partial charge in [-0.05, 0) is 19.9 Å². The van der Waals surface area contributed by atoms with Crippen LogP contribution in [-0.4, -0.2) is 39.9 Å². The summed E-state index contributed by atoms with van der Waals surface area (Å²) in [5, 5.41) is 33.4. The van der Waals surface area contributed by atoms with E-state index in [1.807, 2.05) is 0 Å². The van der Waals surface area contributed by atoms with Crippen molar-refractivity contribution in [3.8, 4) is 0 Å². The largest absolute Gasteiger partial charge is 0.462 e. The van der Waals surface area contributed by atoms with Gasteiger partial charge < -0.3 is 9.47 Å². The van der Waals surface area contributed by atoms with E-state index in [4.69, 9.17) is 0 Å². The maximum atomic E-state index is 12.0. The van der Waals surface area contributed by atoms with Crippen molar-refractivity contribution >= 4 is 35.1 Å². The van der Waals surface area contributed by atoms with Gasteiger partial charge in [-0.25, -0.2) is 9.59 Å². The Balaban J connectivity index is 3.82. The zero-order valence-corrected chi connectivity index (χ0v) is 14.1. The molecule has 0 fully saturated rings. The normalized spacial score (nSPS) is 9.85. The van der Waals surface area contributed by atoms with Gasteiger partial charge in [0.2, 0.25) is 0 Å². The number of hydrogen-bond donors (Lipinski definition) is 0. The molecular formula is C14H13N3O10. The summed E-state index contributed by atoms with van der Waals surface area (Å²) < 4.78 is 9.30. The van der Waals surface area contributed by atoms with E-state index in [9.17, 15) is 39.9 Å². The Labute approximate surface area is 150 Å². The van der Waals surface area contributed by atoms with Crippen molar-refractivity contribution in [3.05, 3.63) is 53.6 Å². The third-order valence-electron chi connectivity index (χ3n) is 3.00. The Hall–Kier alpha value is -3.90. The monoisotopic (exact) mass is 383 g/mol. The second-order valence-electron chi connectivity index (χ2n) is 4.67. The van der Waals surface area contributed by atoms with Crippen LogP contribution in [0.25, 0.3) is 6.08 Å². The minimum absolute atomic E-state index is 0.153. The van der Waals surface area contributed by atoms with Crippen LogP contribution in [0.1, 0.15) is 19.4 Å². The summed E-state index contributed by atoms with van der Waals surface area (Å²) in [6.07, 6.45) is 0.552. The Morgan fingerprint density at radius 2 is 1.30 bits per heavy atom. The SMILES string of the molecule is CCOC(=O)C(=Cc1c([N+](=O)[O-])cc([N+](=O)[O-])cc1[N+](=O)[O-])C(=O)OCC. The first-order valence-electron chi connectivity index (χ1n) is 7.31. The zero-order valence-electron chi connectivity index (χ0n) is 14.1. The average Bonchev–Trinajstić information content (AvgIpc) is 2.58. The first kappa shape index (κ1) is 21.1. The number of ether oxygens (including phenoxy) is 2.